The zero-order chi connectivity index (χ0) is 14.0. The fraction of sp³-hybridized carbons (Fsp3) is 0.200. The van der Waals surface area contributed by atoms with E-state index in [1.807, 2.05) is 37.3 Å². The standard InChI is InChI=1S/C15H13BrCl2O/c1-9-8-10(6-7-13(9)19-2)15(16)14-11(17)4-3-5-12(14)18/h3-8,15H,1-2H3. The number of methoxy groups -OCH3 is 1. The van der Waals surface area contributed by atoms with Gasteiger partial charge in [0, 0.05) is 15.6 Å². The van der Waals surface area contributed by atoms with E-state index in [9.17, 15) is 0 Å². The van der Waals surface area contributed by atoms with Crippen LogP contribution in [0.1, 0.15) is 21.5 Å². The van der Waals surface area contributed by atoms with Crippen molar-refractivity contribution in [3.05, 3.63) is 63.1 Å². The number of alkyl halides is 1. The van der Waals surface area contributed by atoms with E-state index in [-0.39, 0.29) is 4.83 Å². The predicted molar refractivity (Wildman–Crippen MR) is 85.0 cm³/mol. The first-order valence-corrected chi connectivity index (χ1v) is 7.44. The third-order valence-corrected chi connectivity index (χ3v) is 4.61. The van der Waals surface area contributed by atoms with E-state index in [4.69, 9.17) is 27.9 Å². The summed E-state index contributed by atoms with van der Waals surface area (Å²) in [5, 5.41) is 1.31. The lowest BCUT2D eigenvalue weighted by molar-refractivity contribution is 0.411. The quantitative estimate of drug-likeness (QED) is 0.629. The van der Waals surface area contributed by atoms with Crippen LogP contribution in [0, 0.1) is 6.92 Å². The van der Waals surface area contributed by atoms with Crippen LogP contribution in [0.5, 0.6) is 5.75 Å². The molecule has 0 aliphatic heterocycles. The minimum absolute atomic E-state index is 0.0432. The van der Waals surface area contributed by atoms with Gasteiger partial charge in [-0.3, -0.25) is 0 Å². The van der Waals surface area contributed by atoms with E-state index in [0.29, 0.717) is 10.0 Å². The Hall–Kier alpha value is -0.700. The summed E-state index contributed by atoms with van der Waals surface area (Å²) in [6.45, 7) is 2.01. The second-order valence-corrected chi connectivity index (χ2v) is 5.96. The van der Waals surface area contributed by atoms with Gasteiger partial charge in [0.2, 0.25) is 0 Å². The molecular weight excluding hydrogens is 347 g/mol. The summed E-state index contributed by atoms with van der Waals surface area (Å²) in [4.78, 5) is -0.0432. The van der Waals surface area contributed by atoms with E-state index in [2.05, 4.69) is 22.0 Å². The van der Waals surface area contributed by atoms with Crippen LogP contribution in [0.4, 0.5) is 0 Å². The molecule has 1 unspecified atom stereocenters. The maximum atomic E-state index is 6.23. The molecule has 100 valence electrons. The molecule has 0 aliphatic carbocycles. The molecular formula is C15H13BrCl2O. The van der Waals surface area contributed by atoms with Crippen molar-refractivity contribution in [2.24, 2.45) is 0 Å². The summed E-state index contributed by atoms with van der Waals surface area (Å²) in [6, 6.07) is 11.5. The topological polar surface area (TPSA) is 9.23 Å². The molecule has 2 aromatic carbocycles. The lowest BCUT2D eigenvalue weighted by atomic mass is 10.0. The number of benzene rings is 2. The van der Waals surface area contributed by atoms with Crippen molar-refractivity contribution in [1.29, 1.82) is 0 Å². The maximum Gasteiger partial charge on any atom is 0.121 e. The molecule has 1 atom stereocenters. The molecule has 0 saturated heterocycles. The van der Waals surface area contributed by atoms with Crippen LogP contribution < -0.4 is 4.74 Å². The largest absolute Gasteiger partial charge is 0.496 e. The fourth-order valence-corrected chi connectivity index (χ4v) is 3.64. The van der Waals surface area contributed by atoms with Gasteiger partial charge < -0.3 is 4.74 Å². The summed E-state index contributed by atoms with van der Waals surface area (Å²) < 4.78 is 5.27. The minimum atomic E-state index is -0.0432. The minimum Gasteiger partial charge on any atom is -0.496 e. The summed E-state index contributed by atoms with van der Waals surface area (Å²) in [7, 11) is 1.67. The van der Waals surface area contributed by atoms with E-state index < -0.39 is 0 Å². The molecule has 1 nitrogen and oxygen atoms in total. The van der Waals surface area contributed by atoms with Crippen LogP contribution in [0.2, 0.25) is 10.0 Å². The molecule has 0 spiro atoms. The highest BCUT2D eigenvalue weighted by Gasteiger charge is 2.17. The molecule has 0 heterocycles. The van der Waals surface area contributed by atoms with Crippen molar-refractivity contribution in [3.63, 3.8) is 0 Å². The van der Waals surface area contributed by atoms with E-state index in [1.165, 1.54) is 0 Å². The fourth-order valence-electron chi connectivity index (χ4n) is 1.98. The molecule has 19 heavy (non-hydrogen) atoms. The van der Waals surface area contributed by atoms with Gasteiger partial charge in [-0.15, -0.1) is 0 Å². The van der Waals surface area contributed by atoms with Gasteiger partial charge in [-0.1, -0.05) is 57.3 Å². The first-order valence-electron chi connectivity index (χ1n) is 5.77. The Kier molecular flexibility index (Phi) is 4.77. The van der Waals surface area contributed by atoms with E-state index >= 15 is 0 Å². The van der Waals surface area contributed by atoms with E-state index in [0.717, 1.165) is 22.4 Å². The smallest absolute Gasteiger partial charge is 0.121 e. The van der Waals surface area contributed by atoms with Crippen LogP contribution in [-0.2, 0) is 0 Å². The monoisotopic (exact) mass is 358 g/mol. The number of ether oxygens (including phenoxy) is 1. The molecule has 0 bridgehead atoms. The molecule has 2 aromatic rings. The molecule has 4 heteroatoms. The molecule has 0 aromatic heterocycles. The van der Waals surface area contributed by atoms with Crippen LogP contribution >= 0.6 is 39.1 Å². The van der Waals surface area contributed by atoms with Crippen LogP contribution in [-0.4, -0.2) is 7.11 Å². The van der Waals surface area contributed by atoms with Gasteiger partial charge in [0.15, 0.2) is 0 Å². The van der Waals surface area contributed by atoms with Gasteiger partial charge in [-0.05, 0) is 36.2 Å². The molecule has 0 aliphatic rings. The first-order chi connectivity index (χ1) is 9.04. The highest BCUT2D eigenvalue weighted by molar-refractivity contribution is 9.09. The van der Waals surface area contributed by atoms with Crippen LogP contribution in [0.15, 0.2) is 36.4 Å². The highest BCUT2D eigenvalue weighted by atomic mass is 79.9. The summed E-state index contributed by atoms with van der Waals surface area (Å²) in [6.07, 6.45) is 0. The number of rotatable bonds is 3. The van der Waals surface area contributed by atoms with Gasteiger partial charge in [-0.25, -0.2) is 0 Å². The highest BCUT2D eigenvalue weighted by Crippen LogP contribution is 2.40. The number of hydrogen-bond donors (Lipinski definition) is 0. The Balaban J connectivity index is 2.44. The average molecular weight is 360 g/mol. The summed E-state index contributed by atoms with van der Waals surface area (Å²) in [5.41, 5.74) is 3.05. The van der Waals surface area contributed by atoms with Crippen molar-refractivity contribution >= 4 is 39.1 Å². The second-order valence-electron chi connectivity index (χ2n) is 4.23. The lowest BCUT2D eigenvalue weighted by Crippen LogP contribution is -1.97. The van der Waals surface area contributed by atoms with E-state index in [1.54, 1.807) is 7.11 Å². The SMILES string of the molecule is COc1ccc(C(Br)c2c(Cl)cccc2Cl)cc1C. The molecule has 0 N–H and O–H groups in total. The van der Waals surface area contributed by atoms with Crippen molar-refractivity contribution in [3.8, 4) is 5.75 Å². The van der Waals surface area contributed by atoms with Crippen molar-refractivity contribution in [2.75, 3.05) is 7.11 Å². The Labute approximate surface area is 131 Å². The van der Waals surface area contributed by atoms with Gasteiger partial charge in [-0.2, -0.15) is 0 Å². The summed E-state index contributed by atoms with van der Waals surface area (Å²) >= 11 is 16.1. The van der Waals surface area contributed by atoms with Gasteiger partial charge >= 0.3 is 0 Å². The number of aryl methyl sites for hydroxylation is 1. The van der Waals surface area contributed by atoms with Gasteiger partial charge in [0.25, 0.3) is 0 Å². The average Bonchev–Trinajstić information content (AvgIpc) is 2.38. The maximum absolute atomic E-state index is 6.23. The Morgan fingerprint density at radius 2 is 1.74 bits per heavy atom. The molecule has 0 saturated carbocycles. The Bertz CT molecular complexity index is 578. The Morgan fingerprint density at radius 1 is 1.11 bits per heavy atom. The van der Waals surface area contributed by atoms with Crippen LogP contribution in [0.25, 0.3) is 0 Å². The third-order valence-electron chi connectivity index (χ3n) is 2.96. The Morgan fingerprint density at radius 3 is 2.26 bits per heavy atom. The van der Waals surface area contributed by atoms with Crippen LogP contribution in [0.3, 0.4) is 0 Å². The number of halogens is 3. The molecule has 2 rings (SSSR count). The van der Waals surface area contributed by atoms with Crippen molar-refractivity contribution in [2.45, 2.75) is 11.8 Å². The van der Waals surface area contributed by atoms with Crippen molar-refractivity contribution in [1.82, 2.24) is 0 Å². The normalized spacial score (nSPS) is 12.3. The third kappa shape index (κ3) is 3.07. The molecule has 0 radical (unpaired) electrons. The zero-order valence-electron chi connectivity index (χ0n) is 10.6. The summed E-state index contributed by atoms with van der Waals surface area (Å²) in [5.74, 6) is 0.869. The lowest BCUT2D eigenvalue weighted by Gasteiger charge is -2.16. The van der Waals surface area contributed by atoms with Gasteiger partial charge in [0.1, 0.15) is 5.75 Å². The second kappa shape index (κ2) is 6.17. The molecule has 0 fully saturated rings. The molecule has 0 amide bonds. The number of hydrogen-bond acceptors (Lipinski definition) is 1. The zero-order valence-corrected chi connectivity index (χ0v) is 13.7. The predicted octanol–water partition coefficient (Wildman–Crippen LogP) is 5.79. The van der Waals surface area contributed by atoms with Crippen molar-refractivity contribution < 1.29 is 4.74 Å². The van der Waals surface area contributed by atoms with Gasteiger partial charge in [0.05, 0.1) is 11.9 Å². The first kappa shape index (κ1) is 14.7.